The second-order valence-corrected chi connectivity index (χ2v) is 6.13. The van der Waals surface area contributed by atoms with Crippen molar-refractivity contribution in [1.82, 2.24) is 19.8 Å². The lowest BCUT2D eigenvalue weighted by molar-refractivity contribution is 0.0517. The smallest absolute Gasteiger partial charge is 0.289 e. The lowest BCUT2D eigenvalue weighted by atomic mass is 10.2. The summed E-state index contributed by atoms with van der Waals surface area (Å²) in [6.07, 6.45) is 5.37. The second kappa shape index (κ2) is 9.13. The molecular formula is C18H23N5O4. The lowest BCUT2D eigenvalue weighted by Crippen LogP contribution is -2.50. The van der Waals surface area contributed by atoms with Gasteiger partial charge in [-0.2, -0.15) is 0 Å². The van der Waals surface area contributed by atoms with Crippen molar-refractivity contribution in [3.8, 4) is 0 Å². The number of hydrogen-bond donors (Lipinski definition) is 1. The Hall–Kier alpha value is -2.94. The normalized spacial score (nSPS) is 14.3. The van der Waals surface area contributed by atoms with Crippen LogP contribution in [0, 0.1) is 0 Å². The highest BCUT2D eigenvalue weighted by Crippen LogP contribution is 2.12. The van der Waals surface area contributed by atoms with E-state index in [9.17, 15) is 9.59 Å². The molecule has 0 spiro atoms. The molecule has 27 heavy (non-hydrogen) atoms. The third kappa shape index (κ3) is 4.82. The maximum atomic E-state index is 12.6. The number of aromatic nitrogens is 2. The minimum absolute atomic E-state index is 0.133. The molecule has 0 aromatic carbocycles. The molecule has 0 bridgehead atoms. The van der Waals surface area contributed by atoms with Gasteiger partial charge in [0.25, 0.3) is 11.8 Å². The summed E-state index contributed by atoms with van der Waals surface area (Å²) in [5.41, 5.74) is 0.434. The average molecular weight is 373 g/mol. The van der Waals surface area contributed by atoms with Gasteiger partial charge in [0.05, 0.1) is 11.8 Å². The largest absolute Gasteiger partial charge is 0.459 e. The van der Waals surface area contributed by atoms with Gasteiger partial charge in [-0.1, -0.05) is 0 Å². The van der Waals surface area contributed by atoms with Gasteiger partial charge in [-0.05, 0) is 18.6 Å². The molecule has 3 rings (SSSR count). The Balaban J connectivity index is 1.49. The Kier molecular flexibility index (Phi) is 6.37. The van der Waals surface area contributed by atoms with Crippen LogP contribution in [0.3, 0.4) is 0 Å². The molecule has 0 saturated carbocycles. The Bertz CT molecular complexity index is 740. The van der Waals surface area contributed by atoms with Crippen molar-refractivity contribution in [3.63, 3.8) is 0 Å². The molecule has 2 aromatic rings. The number of nitrogens with one attached hydrogen (secondary N) is 1. The molecule has 0 atom stereocenters. The van der Waals surface area contributed by atoms with E-state index >= 15 is 0 Å². The van der Waals surface area contributed by atoms with Crippen LogP contribution in [-0.2, 0) is 4.74 Å². The number of methoxy groups -OCH3 is 1. The third-order valence-corrected chi connectivity index (χ3v) is 4.29. The maximum Gasteiger partial charge on any atom is 0.289 e. The molecule has 1 fully saturated rings. The zero-order chi connectivity index (χ0) is 19.1. The van der Waals surface area contributed by atoms with Gasteiger partial charge < -0.3 is 24.3 Å². The van der Waals surface area contributed by atoms with Crippen molar-refractivity contribution >= 4 is 17.8 Å². The summed E-state index contributed by atoms with van der Waals surface area (Å²) in [5.74, 6) is 0.513. The summed E-state index contributed by atoms with van der Waals surface area (Å²) in [4.78, 5) is 36.6. The van der Waals surface area contributed by atoms with Gasteiger partial charge in [-0.25, -0.2) is 9.97 Å². The first-order valence-corrected chi connectivity index (χ1v) is 8.86. The van der Waals surface area contributed by atoms with E-state index in [4.69, 9.17) is 9.15 Å². The molecule has 1 aliphatic rings. The van der Waals surface area contributed by atoms with Gasteiger partial charge in [-0.15, -0.1) is 0 Å². The maximum absolute atomic E-state index is 12.6. The van der Waals surface area contributed by atoms with Gasteiger partial charge in [0.2, 0.25) is 5.95 Å². The zero-order valence-electron chi connectivity index (χ0n) is 15.3. The van der Waals surface area contributed by atoms with E-state index < -0.39 is 0 Å². The highest BCUT2D eigenvalue weighted by molar-refractivity contribution is 5.94. The standard InChI is InChI=1S/C18H23N5O4/c1-26-10-3-5-19-18-20-12-14(13-21-18)16(24)22-6-8-23(9-7-22)17(25)15-4-2-11-27-15/h2,4,11-13H,3,5-10H2,1H3,(H,19,20,21). The zero-order valence-corrected chi connectivity index (χ0v) is 15.3. The van der Waals surface area contributed by atoms with E-state index in [1.165, 1.54) is 18.7 Å². The molecular weight excluding hydrogens is 350 g/mol. The monoisotopic (exact) mass is 373 g/mol. The number of furan rings is 1. The fraction of sp³-hybridized carbons (Fsp3) is 0.444. The van der Waals surface area contributed by atoms with Crippen molar-refractivity contribution in [2.75, 3.05) is 51.8 Å². The number of hydrogen-bond acceptors (Lipinski definition) is 7. The molecule has 144 valence electrons. The SMILES string of the molecule is COCCCNc1ncc(C(=O)N2CCN(C(=O)c3ccco3)CC2)cn1. The molecule has 1 aliphatic heterocycles. The number of carbonyl (C=O) groups is 2. The fourth-order valence-electron chi connectivity index (χ4n) is 2.80. The van der Waals surface area contributed by atoms with Crippen LogP contribution in [0.5, 0.6) is 0 Å². The number of ether oxygens (including phenoxy) is 1. The van der Waals surface area contributed by atoms with Crippen molar-refractivity contribution in [2.45, 2.75) is 6.42 Å². The van der Waals surface area contributed by atoms with Crippen LogP contribution >= 0.6 is 0 Å². The Morgan fingerprint density at radius 3 is 2.41 bits per heavy atom. The summed E-state index contributed by atoms with van der Waals surface area (Å²) < 4.78 is 10.1. The lowest BCUT2D eigenvalue weighted by Gasteiger charge is -2.34. The Morgan fingerprint density at radius 1 is 1.15 bits per heavy atom. The minimum Gasteiger partial charge on any atom is -0.459 e. The molecule has 9 heteroatoms. The highest BCUT2D eigenvalue weighted by atomic mass is 16.5. The summed E-state index contributed by atoms with van der Waals surface area (Å²) >= 11 is 0. The average Bonchev–Trinajstić information content (AvgIpc) is 3.26. The molecule has 9 nitrogen and oxygen atoms in total. The first kappa shape index (κ1) is 18.8. The number of carbonyl (C=O) groups excluding carboxylic acids is 2. The molecule has 1 N–H and O–H groups in total. The van der Waals surface area contributed by atoms with Gasteiger partial charge in [0.15, 0.2) is 5.76 Å². The van der Waals surface area contributed by atoms with E-state index in [2.05, 4.69) is 15.3 Å². The van der Waals surface area contributed by atoms with E-state index in [0.717, 1.165) is 6.42 Å². The number of rotatable bonds is 7. The van der Waals surface area contributed by atoms with Gasteiger partial charge >= 0.3 is 0 Å². The van der Waals surface area contributed by atoms with Crippen LogP contribution in [0.15, 0.2) is 35.2 Å². The van der Waals surface area contributed by atoms with Gasteiger partial charge in [0.1, 0.15) is 0 Å². The van der Waals surface area contributed by atoms with Crippen LogP contribution in [-0.4, -0.2) is 78.0 Å². The van der Waals surface area contributed by atoms with E-state index in [0.29, 0.717) is 56.6 Å². The molecule has 3 heterocycles. The van der Waals surface area contributed by atoms with Crippen LogP contribution in [0.4, 0.5) is 5.95 Å². The van der Waals surface area contributed by atoms with E-state index in [-0.39, 0.29) is 11.8 Å². The third-order valence-electron chi connectivity index (χ3n) is 4.29. The predicted octanol–water partition coefficient (Wildman–Crippen LogP) is 1.12. The van der Waals surface area contributed by atoms with Crippen molar-refractivity contribution < 1.29 is 18.7 Å². The van der Waals surface area contributed by atoms with Crippen LogP contribution in [0.25, 0.3) is 0 Å². The molecule has 0 aliphatic carbocycles. The van der Waals surface area contributed by atoms with E-state index in [1.807, 2.05) is 0 Å². The first-order chi connectivity index (χ1) is 13.2. The molecule has 2 amide bonds. The summed E-state index contributed by atoms with van der Waals surface area (Å²) in [7, 11) is 1.66. The second-order valence-electron chi connectivity index (χ2n) is 6.13. The summed E-state index contributed by atoms with van der Waals surface area (Å²) in [6, 6.07) is 3.32. The fourth-order valence-corrected chi connectivity index (χ4v) is 2.80. The van der Waals surface area contributed by atoms with Gasteiger partial charge in [-0.3, -0.25) is 9.59 Å². The van der Waals surface area contributed by atoms with Crippen LogP contribution in [0.2, 0.25) is 0 Å². The molecule has 0 radical (unpaired) electrons. The topological polar surface area (TPSA) is 101 Å². The summed E-state index contributed by atoms with van der Waals surface area (Å²) in [5, 5.41) is 3.08. The molecule has 2 aromatic heterocycles. The first-order valence-electron chi connectivity index (χ1n) is 8.86. The number of nitrogens with zero attached hydrogens (tertiary/aromatic N) is 4. The highest BCUT2D eigenvalue weighted by Gasteiger charge is 2.26. The minimum atomic E-state index is -0.153. The summed E-state index contributed by atoms with van der Waals surface area (Å²) in [6.45, 7) is 3.21. The predicted molar refractivity (Wildman–Crippen MR) is 97.5 cm³/mol. The van der Waals surface area contributed by atoms with Crippen molar-refractivity contribution in [3.05, 3.63) is 42.1 Å². The Morgan fingerprint density at radius 2 is 1.81 bits per heavy atom. The number of amides is 2. The van der Waals surface area contributed by atoms with Crippen LogP contribution in [0.1, 0.15) is 27.3 Å². The van der Waals surface area contributed by atoms with Gasteiger partial charge in [0, 0.05) is 58.8 Å². The van der Waals surface area contributed by atoms with E-state index in [1.54, 1.807) is 29.0 Å². The molecule has 1 saturated heterocycles. The Labute approximate surface area is 157 Å². The quantitative estimate of drug-likeness (QED) is 0.726. The van der Waals surface area contributed by atoms with Crippen LogP contribution < -0.4 is 5.32 Å². The van der Waals surface area contributed by atoms with Crippen molar-refractivity contribution in [2.24, 2.45) is 0 Å². The number of piperazine rings is 1. The number of anilines is 1. The molecule has 0 unspecified atom stereocenters. The van der Waals surface area contributed by atoms with Crippen molar-refractivity contribution in [1.29, 1.82) is 0 Å².